The van der Waals surface area contributed by atoms with Gasteiger partial charge in [-0.25, -0.2) is 0 Å². The summed E-state index contributed by atoms with van der Waals surface area (Å²) in [6.07, 6.45) is 5.50. The summed E-state index contributed by atoms with van der Waals surface area (Å²) < 4.78 is 36.8. The van der Waals surface area contributed by atoms with E-state index in [0.717, 1.165) is 109 Å². The Kier molecular flexibility index (Phi) is 9.28. The zero-order valence-corrected chi connectivity index (χ0v) is 24.6. The molecule has 3 atom stereocenters. The van der Waals surface area contributed by atoms with Crippen LogP contribution in [0.15, 0.2) is 66.7 Å². The molecule has 3 heterocycles. The van der Waals surface area contributed by atoms with E-state index in [1.54, 1.807) is 0 Å². The lowest BCUT2D eigenvalue weighted by molar-refractivity contribution is -0.106. The third kappa shape index (κ3) is 6.75. The lowest BCUT2D eigenvalue weighted by Crippen LogP contribution is -2.25. The van der Waals surface area contributed by atoms with E-state index in [9.17, 15) is 0 Å². The van der Waals surface area contributed by atoms with Crippen molar-refractivity contribution >= 4 is 11.1 Å². The van der Waals surface area contributed by atoms with Crippen LogP contribution in [0.5, 0.6) is 23.0 Å². The van der Waals surface area contributed by atoms with Crippen molar-refractivity contribution in [3.05, 3.63) is 83.4 Å². The SMILES string of the molecule is CNCCOc1ccc(C2Oc3ccc(OC4CCCCO4)cc3C(C)=C2c2cccc(OC3CCCCO3)c2)cc1. The molecule has 222 valence electrons. The second kappa shape index (κ2) is 13.6. The van der Waals surface area contributed by atoms with Crippen LogP contribution in [-0.2, 0) is 9.47 Å². The highest BCUT2D eigenvalue weighted by Crippen LogP contribution is 2.48. The zero-order chi connectivity index (χ0) is 28.7. The lowest BCUT2D eigenvalue weighted by Gasteiger charge is -2.32. The minimum Gasteiger partial charge on any atom is -0.492 e. The highest BCUT2D eigenvalue weighted by molar-refractivity contribution is 5.96. The number of benzene rings is 3. The number of likely N-dealkylation sites (N-methyl/N-ethyl adjacent to an activating group) is 1. The van der Waals surface area contributed by atoms with Gasteiger partial charge in [0.2, 0.25) is 0 Å². The summed E-state index contributed by atoms with van der Waals surface area (Å²) >= 11 is 0. The molecule has 0 radical (unpaired) electrons. The van der Waals surface area contributed by atoms with E-state index in [1.165, 1.54) is 0 Å². The topological polar surface area (TPSA) is 67.4 Å². The second-order valence-electron chi connectivity index (χ2n) is 11.1. The molecular formula is C35H41NO6. The monoisotopic (exact) mass is 571 g/mol. The first-order chi connectivity index (χ1) is 20.7. The summed E-state index contributed by atoms with van der Waals surface area (Å²) in [5, 5.41) is 3.11. The van der Waals surface area contributed by atoms with Crippen LogP contribution in [0.1, 0.15) is 68.2 Å². The summed E-state index contributed by atoms with van der Waals surface area (Å²) in [6.45, 7) is 5.05. The van der Waals surface area contributed by atoms with E-state index in [4.69, 9.17) is 28.4 Å². The molecule has 7 nitrogen and oxygen atoms in total. The second-order valence-corrected chi connectivity index (χ2v) is 11.1. The fraction of sp³-hybridized carbons (Fsp3) is 0.429. The maximum absolute atomic E-state index is 6.77. The fourth-order valence-corrected chi connectivity index (χ4v) is 5.77. The summed E-state index contributed by atoms with van der Waals surface area (Å²) in [6, 6.07) is 22.5. The van der Waals surface area contributed by atoms with Gasteiger partial charge in [-0.2, -0.15) is 0 Å². The Hall–Kier alpha value is -3.52. The zero-order valence-electron chi connectivity index (χ0n) is 24.6. The van der Waals surface area contributed by atoms with Gasteiger partial charge in [0.15, 0.2) is 12.6 Å². The van der Waals surface area contributed by atoms with E-state index in [2.05, 4.69) is 42.6 Å². The third-order valence-corrected chi connectivity index (χ3v) is 8.03. The first-order valence-electron chi connectivity index (χ1n) is 15.2. The summed E-state index contributed by atoms with van der Waals surface area (Å²) in [5.41, 5.74) is 5.34. The molecule has 0 bridgehead atoms. The number of hydrogen-bond donors (Lipinski definition) is 1. The van der Waals surface area contributed by atoms with Gasteiger partial charge in [0.25, 0.3) is 0 Å². The molecular weight excluding hydrogens is 530 g/mol. The number of rotatable bonds is 10. The van der Waals surface area contributed by atoms with Crippen LogP contribution < -0.4 is 24.3 Å². The molecule has 0 amide bonds. The van der Waals surface area contributed by atoms with Gasteiger partial charge in [-0.05, 0) is 98.8 Å². The van der Waals surface area contributed by atoms with Crippen molar-refractivity contribution in [1.82, 2.24) is 5.32 Å². The molecule has 3 aliphatic heterocycles. The average Bonchev–Trinajstić information content (AvgIpc) is 3.03. The van der Waals surface area contributed by atoms with E-state index in [-0.39, 0.29) is 18.7 Å². The molecule has 0 aliphatic carbocycles. The quantitative estimate of drug-likeness (QED) is 0.259. The molecule has 1 N–H and O–H groups in total. The molecule has 3 aromatic carbocycles. The van der Waals surface area contributed by atoms with E-state index < -0.39 is 0 Å². The third-order valence-electron chi connectivity index (χ3n) is 8.03. The highest BCUT2D eigenvalue weighted by Gasteiger charge is 2.30. The minimum absolute atomic E-state index is 0.206. The molecule has 3 aliphatic rings. The molecule has 3 unspecified atom stereocenters. The van der Waals surface area contributed by atoms with Gasteiger partial charge < -0.3 is 33.7 Å². The van der Waals surface area contributed by atoms with Crippen molar-refractivity contribution in [2.45, 2.75) is 64.1 Å². The number of hydrogen-bond acceptors (Lipinski definition) is 7. The number of ether oxygens (including phenoxy) is 6. The van der Waals surface area contributed by atoms with Crippen molar-refractivity contribution < 1.29 is 28.4 Å². The molecule has 2 saturated heterocycles. The van der Waals surface area contributed by atoms with Gasteiger partial charge in [-0.1, -0.05) is 24.3 Å². The summed E-state index contributed by atoms with van der Waals surface area (Å²) in [5.74, 6) is 3.25. The average molecular weight is 572 g/mol. The lowest BCUT2D eigenvalue weighted by atomic mass is 9.86. The Balaban J connectivity index is 1.34. The molecule has 42 heavy (non-hydrogen) atoms. The van der Waals surface area contributed by atoms with Gasteiger partial charge in [-0.15, -0.1) is 0 Å². The van der Waals surface area contributed by atoms with E-state index >= 15 is 0 Å². The smallest absolute Gasteiger partial charge is 0.199 e. The van der Waals surface area contributed by atoms with Crippen molar-refractivity contribution in [1.29, 1.82) is 0 Å². The minimum atomic E-state index is -0.307. The van der Waals surface area contributed by atoms with Crippen LogP contribution in [0.4, 0.5) is 0 Å². The molecule has 0 saturated carbocycles. The number of fused-ring (bicyclic) bond motifs is 1. The Labute approximate surface area is 248 Å². The Morgan fingerprint density at radius 3 is 2.14 bits per heavy atom. The van der Waals surface area contributed by atoms with Crippen LogP contribution in [0.25, 0.3) is 11.1 Å². The van der Waals surface area contributed by atoms with Crippen LogP contribution in [0.2, 0.25) is 0 Å². The van der Waals surface area contributed by atoms with E-state index in [0.29, 0.717) is 6.61 Å². The fourth-order valence-electron chi connectivity index (χ4n) is 5.77. The maximum atomic E-state index is 6.77. The summed E-state index contributed by atoms with van der Waals surface area (Å²) in [4.78, 5) is 0. The van der Waals surface area contributed by atoms with Gasteiger partial charge in [0.05, 0.1) is 13.2 Å². The Morgan fingerprint density at radius 2 is 1.48 bits per heavy atom. The van der Waals surface area contributed by atoms with Crippen LogP contribution in [0.3, 0.4) is 0 Å². The van der Waals surface area contributed by atoms with E-state index in [1.807, 2.05) is 43.4 Å². The van der Waals surface area contributed by atoms with Crippen molar-refractivity contribution in [2.75, 3.05) is 33.4 Å². The number of nitrogens with one attached hydrogen (secondary N) is 1. The van der Waals surface area contributed by atoms with Crippen molar-refractivity contribution in [2.24, 2.45) is 0 Å². The molecule has 7 heteroatoms. The molecule has 0 spiro atoms. The Morgan fingerprint density at radius 1 is 0.786 bits per heavy atom. The first kappa shape index (κ1) is 28.6. The predicted molar refractivity (Wildman–Crippen MR) is 163 cm³/mol. The summed E-state index contributed by atoms with van der Waals surface area (Å²) in [7, 11) is 1.92. The standard InChI is InChI=1S/C35H41NO6/c1-24-30-23-29(41-33-11-4-6-20-39-33)16-17-31(30)42-35(25-12-14-27(15-13-25)37-21-18-36-2)34(24)26-8-7-9-28(22-26)40-32-10-3-5-19-38-32/h7-9,12-17,22-23,32-33,35-36H,3-6,10-11,18-21H2,1-2H3. The van der Waals surface area contributed by atoms with Gasteiger partial charge in [0.1, 0.15) is 35.7 Å². The van der Waals surface area contributed by atoms with Crippen LogP contribution in [0, 0.1) is 0 Å². The predicted octanol–water partition coefficient (Wildman–Crippen LogP) is 7.16. The Bertz CT molecular complexity index is 1360. The van der Waals surface area contributed by atoms with Gasteiger partial charge >= 0.3 is 0 Å². The maximum Gasteiger partial charge on any atom is 0.199 e. The first-order valence-corrected chi connectivity index (χ1v) is 15.2. The number of allylic oxidation sites excluding steroid dienone is 1. The van der Waals surface area contributed by atoms with Crippen LogP contribution in [-0.4, -0.2) is 46.0 Å². The van der Waals surface area contributed by atoms with Crippen LogP contribution >= 0.6 is 0 Å². The van der Waals surface area contributed by atoms with Crippen molar-refractivity contribution in [3.63, 3.8) is 0 Å². The van der Waals surface area contributed by atoms with Gasteiger partial charge in [-0.3, -0.25) is 0 Å². The molecule has 0 aromatic heterocycles. The highest BCUT2D eigenvalue weighted by atomic mass is 16.7. The molecule has 3 aromatic rings. The van der Waals surface area contributed by atoms with Gasteiger partial charge in [0, 0.05) is 30.5 Å². The molecule has 6 rings (SSSR count). The normalized spacial score (nSPS) is 22.2. The molecule has 2 fully saturated rings. The van der Waals surface area contributed by atoms with Crippen molar-refractivity contribution in [3.8, 4) is 23.0 Å². The largest absolute Gasteiger partial charge is 0.492 e.